The number of primary amides is 1. The van der Waals surface area contributed by atoms with Crippen molar-refractivity contribution in [2.24, 2.45) is 5.73 Å². The van der Waals surface area contributed by atoms with E-state index in [0.717, 1.165) is 10.3 Å². The number of aliphatic hydroxyl groups is 1. The van der Waals surface area contributed by atoms with Crippen LogP contribution in [-0.4, -0.2) is 40.4 Å². The van der Waals surface area contributed by atoms with E-state index < -0.39 is 30.4 Å². The van der Waals surface area contributed by atoms with Crippen LogP contribution >= 0.6 is 0 Å². The van der Waals surface area contributed by atoms with Crippen molar-refractivity contribution in [2.75, 3.05) is 6.54 Å². The van der Waals surface area contributed by atoms with Crippen molar-refractivity contribution in [3.63, 3.8) is 0 Å². The zero-order valence-electron chi connectivity index (χ0n) is 10.9. The van der Waals surface area contributed by atoms with E-state index in [1.54, 1.807) is 24.3 Å². The Morgan fingerprint density at radius 2 is 1.62 bits per heavy atom. The second-order valence-electron chi connectivity index (χ2n) is 4.85. The van der Waals surface area contributed by atoms with Gasteiger partial charge in [-0.05, 0) is 17.5 Å². The van der Waals surface area contributed by atoms with Gasteiger partial charge in [0.15, 0.2) is 6.10 Å². The third kappa shape index (κ3) is 1.96. The number of rotatable bonds is 3. The SMILES string of the molecule is NC(=O)C(O)CN1C(=O)c2cccc3cccc(c23)C1=O. The first-order chi connectivity index (χ1) is 10.0. The molecule has 0 bridgehead atoms. The largest absolute Gasteiger partial charge is 0.381 e. The molecule has 0 aromatic heterocycles. The number of aliphatic hydroxyl groups excluding tert-OH is 1. The number of carbonyl (C=O) groups is 3. The first-order valence-electron chi connectivity index (χ1n) is 6.36. The molecule has 2 aromatic rings. The molecule has 2 aromatic carbocycles. The Morgan fingerprint density at radius 3 is 2.10 bits per heavy atom. The molecule has 3 N–H and O–H groups in total. The van der Waals surface area contributed by atoms with E-state index in [4.69, 9.17) is 5.73 Å². The van der Waals surface area contributed by atoms with Gasteiger partial charge in [-0.3, -0.25) is 19.3 Å². The molecule has 0 fully saturated rings. The van der Waals surface area contributed by atoms with Gasteiger partial charge in [-0.15, -0.1) is 0 Å². The molecule has 3 amide bonds. The summed E-state index contributed by atoms with van der Waals surface area (Å²) in [6.07, 6.45) is -1.58. The topological polar surface area (TPSA) is 101 Å². The smallest absolute Gasteiger partial charge is 0.261 e. The van der Waals surface area contributed by atoms with Crippen molar-refractivity contribution >= 4 is 28.5 Å². The number of nitrogens with zero attached hydrogens (tertiary/aromatic N) is 1. The molecule has 0 aliphatic carbocycles. The van der Waals surface area contributed by atoms with Crippen LogP contribution in [0.1, 0.15) is 20.7 Å². The minimum absolute atomic E-state index is 0.374. The summed E-state index contributed by atoms with van der Waals surface area (Å²) in [5.41, 5.74) is 5.73. The normalized spacial score (nSPS) is 15.4. The molecule has 1 unspecified atom stereocenters. The zero-order chi connectivity index (χ0) is 15.1. The van der Waals surface area contributed by atoms with Gasteiger partial charge in [0.05, 0.1) is 6.54 Å². The summed E-state index contributed by atoms with van der Waals surface area (Å²) in [4.78, 5) is 36.6. The molecule has 1 atom stereocenters. The number of carbonyl (C=O) groups excluding carboxylic acids is 3. The number of imide groups is 1. The monoisotopic (exact) mass is 284 g/mol. The number of β-amino-alcohol motifs (C(OH)–C–C–N with tert-alkyl or cyclic N) is 1. The maximum atomic E-state index is 12.4. The fourth-order valence-electron chi connectivity index (χ4n) is 2.51. The summed E-state index contributed by atoms with van der Waals surface area (Å²) in [6.45, 7) is -0.447. The summed E-state index contributed by atoms with van der Waals surface area (Å²) in [6, 6.07) is 10.3. The number of hydrogen-bond donors (Lipinski definition) is 2. The highest BCUT2D eigenvalue weighted by Gasteiger charge is 2.34. The molecular weight excluding hydrogens is 272 g/mol. The summed E-state index contributed by atoms with van der Waals surface area (Å²) in [5.74, 6) is -2.05. The fourth-order valence-corrected chi connectivity index (χ4v) is 2.51. The van der Waals surface area contributed by atoms with Crippen molar-refractivity contribution in [1.82, 2.24) is 4.90 Å². The minimum Gasteiger partial charge on any atom is -0.381 e. The summed E-state index contributed by atoms with van der Waals surface area (Å²) < 4.78 is 0. The molecule has 1 aliphatic heterocycles. The molecule has 1 aliphatic rings. The average molecular weight is 284 g/mol. The summed E-state index contributed by atoms with van der Waals surface area (Å²) in [5, 5.41) is 10.9. The molecule has 106 valence electrons. The van der Waals surface area contributed by atoms with Gasteiger partial charge < -0.3 is 10.8 Å². The van der Waals surface area contributed by atoms with Crippen molar-refractivity contribution in [1.29, 1.82) is 0 Å². The van der Waals surface area contributed by atoms with Crippen LogP contribution in [0, 0.1) is 0 Å². The highest BCUT2D eigenvalue weighted by Crippen LogP contribution is 2.29. The van der Waals surface area contributed by atoms with Crippen LogP contribution < -0.4 is 5.73 Å². The molecule has 6 nitrogen and oxygen atoms in total. The van der Waals surface area contributed by atoms with E-state index in [1.807, 2.05) is 12.1 Å². The maximum absolute atomic E-state index is 12.4. The standard InChI is InChI=1S/C15H12N2O4/c16-13(19)11(18)7-17-14(20)9-5-1-3-8-4-2-6-10(12(8)9)15(17)21/h1-6,11,18H,7H2,(H2,16,19). The predicted molar refractivity (Wildman–Crippen MR) is 74.5 cm³/mol. The molecule has 0 radical (unpaired) electrons. The van der Waals surface area contributed by atoms with Crippen LogP contribution in [0.15, 0.2) is 36.4 Å². The van der Waals surface area contributed by atoms with Gasteiger partial charge in [0, 0.05) is 16.5 Å². The lowest BCUT2D eigenvalue weighted by atomic mass is 9.94. The van der Waals surface area contributed by atoms with E-state index in [0.29, 0.717) is 16.5 Å². The second kappa shape index (κ2) is 4.68. The second-order valence-corrected chi connectivity index (χ2v) is 4.85. The Bertz CT molecular complexity index is 734. The molecule has 3 rings (SSSR count). The number of nitrogens with two attached hydrogens (primary N) is 1. The predicted octanol–water partition coefficient (Wildman–Crippen LogP) is 0.282. The van der Waals surface area contributed by atoms with E-state index in [2.05, 4.69) is 0 Å². The highest BCUT2D eigenvalue weighted by atomic mass is 16.3. The molecule has 6 heteroatoms. The third-order valence-electron chi connectivity index (χ3n) is 3.54. The van der Waals surface area contributed by atoms with Crippen LogP contribution in [-0.2, 0) is 4.79 Å². The lowest BCUT2D eigenvalue weighted by molar-refractivity contribution is -0.126. The van der Waals surface area contributed by atoms with Gasteiger partial charge in [0.25, 0.3) is 11.8 Å². The lowest BCUT2D eigenvalue weighted by Crippen LogP contribution is -2.47. The number of benzene rings is 2. The van der Waals surface area contributed by atoms with Crippen LogP contribution in [0.2, 0.25) is 0 Å². The zero-order valence-corrected chi connectivity index (χ0v) is 10.9. The minimum atomic E-state index is -1.58. The van der Waals surface area contributed by atoms with E-state index in [9.17, 15) is 19.5 Å². The number of amides is 3. The molecular formula is C15H12N2O4. The van der Waals surface area contributed by atoms with Crippen LogP contribution in [0.25, 0.3) is 10.8 Å². The Morgan fingerprint density at radius 1 is 1.10 bits per heavy atom. The molecule has 1 heterocycles. The highest BCUT2D eigenvalue weighted by molar-refractivity contribution is 6.25. The van der Waals surface area contributed by atoms with Crippen LogP contribution in [0.3, 0.4) is 0 Å². The van der Waals surface area contributed by atoms with E-state index in [-0.39, 0.29) is 0 Å². The Labute approximate surface area is 119 Å². The summed E-state index contributed by atoms with van der Waals surface area (Å²) >= 11 is 0. The van der Waals surface area contributed by atoms with Crippen molar-refractivity contribution < 1.29 is 19.5 Å². The first kappa shape index (κ1) is 13.3. The van der Waals surface area contributed by atoms with Crippen molar-refractivity contribution in [3.05, 3.63) is 47.5 Å². The fraction of sp³-hybridized carbons (Fsp3) is 0.133. The summed E-state index contributed by atoms with van der Waals surface area (Å²) in [7, 11) is 0. The van der Waals surface area contributed by atoms with Gasteiger partial charge in [-0.2, -0.15) is 0 Å². The van der Waals surface area contributed by atoms with Gasteiger partial charge >= 0.3 is 0 Å². The van der Waals surface area contributed by atoms with Gasteiger partial charge in [0.1, 0.15) is 0 Å². The van der Waals surface area contributed by atoms with Gasteiger partial charge in [-0.25, -0.2) is 0 Å². The molecule has 21 heavy (non-hydrogen) atoms. The number of hydrogen-bond acceptors (Lipinski definition) is 4. The van der Waals surface area contributed by atoms with Crippen molar-refractivity contribution in [2.45, 2.75) is 6.10 Å². The average Bonchev–Trinajstić information content (AvgIpc) is 2.48. The van der Waals surface area contributed by atoms with Crippen LogP contribution in [0.4, 0.5) is 0 Å². The Balaban J connectivity index is 2.13. The van der Waals surface area contributed by atoms with E-state index in [1.165, 1.54) is 0 Å². The van der Waals surface area contributed by atoms with E-state index >= 15 is 0 Å². The third-order valence-corrected chi connectivity index (χ3v) is 3.54. The maximum Gasteiger partial charge on any atom is 0.261 e. The Kier molecular flexibility index (Phi) is 2.95. The van der Waals surface area contributed by atoms with Crippen LogP contribution in [0.5, 0.6) is 0 Å². The lowest BCUT2D eigenvalue weighted by Gasteiger charge is -2.28. The van der Waals surface area contributed by atoms with Crippen molar-refractivity contribution in [3.8, 4) is 0 Å². The molecule has 0 saturated heterocycles. The quantitative estimate of drug-likeness (QED) is 0.790. The molecule has 0 spiro atoms. The van der Waals surface area contributed by atoms with Gasteiger partial charge in [-0.1, -0.05) is 24.3 Å². The first-order valence-corrected chi connectivity index (χ1v) is 6.36. The van der Waals surface area contributed by atoms with Gasteiger partial charge in [0.2, 0.25) is 5.91 Å². The molecule has 0 saturated carbocycles. The Hall–Kier alpha value is -2.73.